The van der Waals surface area contributed by atoms with Crippen LogP contribution in [0.3, 0.4) is 0 Å². The zero-order valence-corrected chi connectivity index (χ0v) is 16.3. The predicted octanol–water partition coefficient (Wildman–Crippen LogP) is -0.111. The molecule has 0 aliphatic carbocycles. The number of aliphatic imine (C=N–C) groups is 1. The number of carbonyl (C=O) groups is 1. The van der Waals surface area contributed by atoms with Gasteiger partial charge in [0.2, 0.25) is 5.96 Å². The molecule has 0 aromatic heterocycles. The maximum atomic E-state index is 12.4. The topological polar surface area (TPSA) is 101 Å². The second kappa shape index (κ2) is 8.85. The Hall–Kier alpha value is -2.91. The molecular formula is C19H23N4O4S+. The standard InChI is InChI=1S/C19H22N4O4S/c1-15-7-9-17(10-8-15)28(25,26)22-19-20-13-23(14-21-19)11-12-27-18(24)16-5-3-2-4-6-16/h2-10H,11-14H2,1H3,(H2,20,21,22)/p+1. The van der Waals surface area contributed by atoms with Gasteiger partial charge in [0, 0.05) is 0 Å². The number of sulfonamides is 1. The van der Waals surface area contributed by atoms with Crippen LogP contribution in [0.5, 0.6) is 0 Å². The number of nitrogens with one attached hydrogen (secondary N) is 3. The molecule has 148 valence electrons. The number of nitrogens with zero attached hydrogens (tertiary/aromatic N) is 1. The van der Waals surface area contributed by atoms with Crippen LogP contribution in [0.15, 0.2) is 64.5 Å². The maximum absolute atomic E-state index is 12.4. The first-order valence-corrected chi connectivity index (χ1v) is 10.4. The van der Waals surface area contributed by atoms with E-state index in [2.05, 4.69) is 15.0 Å². The van der Waals surface area contributed by atoms with E-state index in [4.69, 9.17) is 4.74 Å². The molecule has 3 N–H and O–H groups in total. The molecule has 0 spiro atoms. The molecule has 0 amide bonds. The van der Waals surface area contributed by atoms with E-state index in [9.17, 15) is 13.2 Å². The number of hydrogen-bond donors (Lipinski definition) is 3. The molecule has 2 aromatic carbocycles. The summed E-state index contributed by atoms with van der Waals surface area (Å²) in [5.74, 6) is -0.148. The van der Waals surface area contributed by atoms with E-state index in [0.717, 1.165) is 10.5 Å². The zero-order chi connectivity index (χ0) is 20.0. The van der Waals surface area contributed by atoms with E-state index < -0.39 is 10.0 Å². The van der Waals surface area contributed by atoms with E-state index in [1.165, 1.54) is 0 Å². The Labute approximate surface area is 164 Å². The van der Waals surface area contributed by atoms with E-state index in [0.29, 0.717) is 25.4 Å². The summed E-state index contributed by atoms with van der Waals surface area (Å²) >= 11 is 0. The highest BCUT2D eigenvalue weighted by molar-refractivity contribution is 7.90. The average molecular weight is 403 g/mol. The summed E-state index contributed by atoms with van der Waals surface area (Å²) in [7, 11) is -3.67. The van der Waals surface area contributed by atoms with E-state index in [1.54, 1.807) is 48.5 Å². The molecule has 3 rings (SSSR count). The van der Waals surface area contributed by atoms with Crippen LogP contribution in [0.2, 0.25) is 0 Å². The number of carbonyl (C=O) groups excluding carboxylic acids is 1. The van der Waals surface area contributed by atoms with Gasteiger partial charge in [0.1, 0.15) is 13.2 Å². The second-order valence-electron chi connectivity index (χ2n) is 6.44. The van der Waals surface area contributed by atoms with E-state index in [-0.39, 0.29) is 23.4 Å². The zero-order valence-electron chi connectivity index (χ0n) is 15.5. The Morgan fingerprint density at radius 2 is 1.89 bits per heavy atom. The summed E-state index contributed by atoms with van der Waals surface area (Å²) in [6.45, 7) is 3.56. The van der Waals surface area contributed by atoms with Crippen molar-refractivity contribution in [2.75, 3.05) is 26.5 Å². The van der Waals surface area contributed by atoms with Crippen LogP contribution in [0.4, 0.5) is 0 Å². The lowest BCUT2D eigenvalue weighted by Gasteiger charge is -2.24. The van der Waals surface area contributed by atoms with Gasteiger partial charge in [0.05, 0.1) is 10.5 Å². The first-order chi connectivity index (χ1) is 13.4. The Kier molecular flexibility index (Phi) is 6.27. The minimum Gasteiger partial charge on any atom is -0.456 e. The van der Waals surface area contributed by atoms with Crippen LogP contribution in [0, 0.1) is 6.92 Å². The fourth-order valence-corrected chi connectivity index (χ4v) is 3.60. The number of quaternary nitrogens is 1. The molecule has 2 aromatic rings. The molecule has 0 bridgehead atoms. The van der Waals surface area contributed by atoms with E-state index >= 15 is 0 Å². The van der Waals surface area contributed by atoms with Crippen molar-refractivity contribution in [3.63, 3.8) is 0 Å². The number of esters is 1. The monoisotopic (exact) mass is 403 g/mol. The third-order valence-corrected chi connectivity index (χ3v) is 5.58. The Bertz CT molecular complexity index is 944. The second-order valence-corrected chi connectivity index (χ2v) is 8.12. The van der Waals surface area contributed by atoms with Gasteiger partial charge in [0.25, 0.3) is 10.0 Å². The predicted molar refractivity (Wildman–Crippen MR) is 104 cm³/mol. The summed E-state index contributed by atoms with van der Waals surface area (Å²) in [4.78, 5) is 17.3. The summed E-state index contributed by atoms with van der Waals surface area (Å²) in [5.41, 5.74) is 1.50. The van der Waals surface area contributed by atoms with Gasteiger partial charge in [-0.3, -0.25) is 4.90 Å². The van der Waals surface area contributed by atoms with Crippen molar-refractivity contribution in [1.82, 2.24) is 10.0 Å². The fourth-order valence-electron chi connectivity index (χ4n) is 2.60. The Balaban J connectivity index is 1.46. The van der Waals surface area contributed by atoms with Crippen molar-refractivity contribution < 1.29 is 22.8 Å². The highest BCUT2D eigenvalue weighted by Crippen LogP contribution is 2.09. The first-order valence-electron chi connectivity index (χ1n) is 8.87. The molecule has 1 aliphatic heterocycles. The lowest BCUT2D eigenvalue weighted by molar-refractivity contribution is -0.903. The van der Waals surface area contributed by atoms with Crippen molar-refractivity contribution in [2.45, 2.75) is 11.8 Å². The number of hydrogen-bond acceptors (Lipinski definition) is 6. The number of ether oxygens (including phenoxy) is 1. The molecule has 1 unspecified atom stereocenters. The van der Waals surface area contributed by atoms with Crippen LogP contribution in [0.1, 0.15) is 15.9 Å². The summed E-state index contributed by atoms with van der Waals surface area (Å²) < 4.78 is 32.5. The molecule has 0 saturated heterocycles. The Morgan fingerprint density at radius 3 is 2.54 bits per heavy atom. The highest BCUT2D eigenvalue weighted by atomic mass is 32.2. The molecule has 1 aliphatic rings. The maximum Gasteiger partial charge on any atom is 0.338 e. The van der Waals surface area contributed by atoms with Crippen LogP contribution >= 0.6 is 0 Å². The van der Waals surface area contributed by atoms with Gasteiger partial charge in [-0.05, 0) is 31.2 Å². The average Bonchev–Trinajstić information content (AvgIpc) is 2.70. The lowest BCUT2D eigenvalue weighted by Crippen LogP contribution is -3.15. The summed E-state index contributed by atoms with van der Waals surface area (Å²) in [6, 6.07) is 15.4. The number of aryl methyl sites for hydroxylation is 1. The van der Waals surface area contributed by atoms with Crippen molar-refractivity contribution in [3.05, 3.63) is 65.7 Å². The van der Waals surface area contributed by atoms with Crippen LogP contribution in [-0.4, -0.2) is 46.8 Å². The normalized spacial score (nSPS) is 16.6. The summed E-state index contributed by atoms with van der Waals surface area (Å²) in [5, 5.41) is 2.96. The third-order valence-electron chi connectivity index (χ3n) is 4.23. The molecule has 8 nitrogen and oxygen atoms in total. The van der Waals surface area contributed by atoms with Crippen molar-refractivity contribution in [2.24, 2.45) is 4.99 Å². The van der Waals surface area contributed by atoms with Crippen LogP contribution < -0.4 is 14.9 Å². The van der Waals surface area contributed by atoms with Gasteiger partial charge >= 0.3 is 5.97 Å². The largest absolute Gasteiger partial charge is 0.456 e. The molecule has 28 heavy (non-hydrogen) atoms. The number of rotatable bonds is 6. The van der Waals surface area contributed by atoms with Crippen molar-refractivity contribution in [1.29, 1.82) is 0 Å². The van der Waals surface area contributed by atoms with Crippen molar-refractivity contribution >= 4 is 22.0 Å². The highest BCUT2D eigenvalue weighted by Gasteiger charge is 2.21. The van der Waals surface area contributed by atoms with Gasteiger partial charge in [-0.1, -0.05) is 35.9 Å². The lowest BCUT2D eigenvalue weighted by atomic mass is 10.2. The molecule has 0 fully saturated rings. The SMILES string of the molecule is Cc1ccc(S(=O)(=O)NC2=NC[NH+](CCOC(=O)c3ccccc3)CN2)cc1. The van der Waals surface area contributed by atoms with Crippen molar-refractivity contribution in [3.8, 4) is 0 Å². The Morgan fingerprint density at radius 1 is 1.18 bits per heavy atom. The molecule has 9 heteroatoms. The molecule has 0 radical (unpaired) electrons. The van der Waals surface area contributed by atoms with Gasteiger partial charge in [0.15, 0.2) is 13.3 Å². The molecule has 1 heterocycles. The summed E-state index contributed by atoms with van der Waals surface area (Å²) in [6.07, 6.45) is 0. The minimum absolute atomic E-state index is 0.185. The fraction of sp³-hybridized carbons (Fsp3) is 0.263. The third kappa shape index (κ3) is 5.30. The van der Waals surface area contributed by atoms with Gasteiger partial charge in [-0.2, -0.15) is 4.99 Å². The van der Waals surface area contributed by atoms with E-state index in [1.807, 2.05) is 13.0 Å². The van der Waals surface area contributed by atoms with Gasteiger partial charge in [-0.15, -0.1) is 0 Å². The molecule has 0 saturated carbocycles. The van der Waals surface area contributed by atoms with Crippen LogP contribution in [-0.2, 0) is 14.8 Å². The number of benzene rings is 2. The van der Waals surface area contributed by atoms with Crippen LogP contribution in [0.25, 0.3) is 0 Å². The smallest absolute Gasteiger partial charge is 0.338 e. The van der Waals surface area contributed by atoms with Gasteiger partial charge in [-0.25, -0.2) is 17.9 Å². The quantitative estimate of drug-likeness (QED) is 0.585. The minimum atomic E-state index is -3.67. The first kappa shape index (κ1) is 19.8. The number of guanidine groups is 1. The molecular weight excluding hydrogens is 380 g/mol. The molecule has 1 atom stereocenters. The van der Waals surface area contributed by atoms with Gasteiger partial charge < -0.3 is 10.1 Å².